The van der Waals surface area contributed by atoms with Gasteiger partial charge in [-0.05, 0) is 31.0 Å². The van der Waals surface area contributed by atoms with E-state index >= 15 is 0 Å². The number of carbonyl (C=O) groups excluding carboxylic acids is 1. The maximum absolute atomic E-state index is 11.5. The van der Waals surface area contributed by atoms with Crippen molar-refractivity contribution in [3.63, 3.8) is 0 Å². The van der Waals surface area contributed by atoms with E-state index in [1.165, 1.54) is 7.11 Å². The average Bonchev–Trinajstić information content (AvgIpc) is 2.90. The van der Waals surface area contributed by atoms with Gasteiger partial charge in [0, 0.05) is 12.7 Å². The Labute approximate surface area is 112 Å². The molecule has 1 atom stereocenters. The number of hydrogen-bond donors (Lipinski definition) is 0. The van der Waals surface area contributed by atoms with Gasteiger partial charge in [-0.2, -0.15) is 0 Å². The number of benzene rings is 1. The van der Waals surface area contributed by atoms with E-state index in [0.717, 1.165) is 24.2 Å². The van der Waals surface area contributed by atoms with Gasteiger partial charge in [0.1, 0.15) is 0 Å². The predicted molar refractivity (Wildman–Crippen MR) is 73.0 cm³/mol. The average molecular weight is 266 g/mol. The van der Waals surface area contributed by atoms with Crippen LogP contribution in [0.25, 0.3) is 0 Å². The normalized spacial score (nSPS) is 15.8. The zero-order valence-corrected chi connectivity index (χ0v) is 11.3. The van der Waals surface area contributed by atoms with Crippen LogP contribution in [0.15, 0.2) is 30.5 Å². The molecule has 1 aromatic carbocycles. The van der Waals surface area contributed by atoms with E-state index in [1.807, 2.05) is 31.3 Å². The lowest BCUT2D eigenvalue weighted by Gasteiger charge is -2.18. The third kappa shape index (κ3) is 2.51. The van der Waals surface area contributed by atoms with Gasteiger partial charge in [-0.1, -0.05) is 23.7 Å². The summed E-state index contributed by atoms with van der Waals surface area (Å²) in [6, 6.07) is 5.71. The molecule has 0 aliphatic carbocycles. The zero-order chi connectivity index (χ0) is 13.1. The number of rotatable bonds is 3. The second-order valence-corrected chi connectivity index (χ2v) is 4.73. The maximum atomic E-state index is 11.5. The number of anilines is 1. The number of methoxy groups -OCH3 is 1. The second kappa shape index (κ2) is 5.44. The zero-order valence-electron chi connectivity index (χ0n) is 10.5. The van der Waals surface area contributed by atoms with Crippen LogP contribution in [0.5, 0.6) is 0 Å². The third-order valence-electron chi connectivity index (χ3n) is 3.16. The van der Waals surface area contributed by atoms with Crippen LogP contribution in [0.4, 0.5) is 5.69 Å². The molecule has 0 spiro atoms. The lowest BCUT2D eigenvalue weighted by molar-refractivity contribution is -0.141. The summed E-state index contributed by atoms with van der Waals surface area (Å²) in [5.74, 6) is -0.546. The Morgan fingerprint density at radius 2 is 2.28 bits per heavy atom. The van der Waals surface area contributed by atoms with E-state index in [0.29, 0.717) is 5.02 Å². The second-order valence-electron chi connectivity index (χ2n) is 4.32. The minimum absolute atomic E-state index is 0.250. The molecule has 0 amide bonds. The lowest BCUT2D eigenvalue weighted by atomic mass is 10.0. The molecule has 1 aliphatic heterocycles. The summed E-state index contributed by atoms with van der Waals surface area (Å²) in [6.07, 6.45) is 5.18. The van der Waals surface area contributed by atoms with Crippen molar-refractivity contribution in [2.24, 2.45) is 0 Å². The fourth-order valence-electron chi connectivity index (χ4n) is 2.03. The van der Waals surface area contributed by atoms with Gasteiger partial charge in [-0.25, -0.2) is 0 Å². The minimum Gasteiger partial charge on any atom is -0.469 e. The highest BCUT2D eigenvalue weighted by atomic mass is 35.5. The van der Waals surface area contributed by atoms with Crippen molar-refractivity contribution in [2.45, 2.75) is 19.3 Å². The highest BCUT2D eigenvalue weighted by Crippen LogP contribution is 2.31. The smallest absolute Gasteiger partial charge is 0.312 e. The largest absolute Gasteiger partial charge is 0.469 e. The summed E-state index contributed by atoms with van der Waals surface area (Å²) in [5, 5.41) is 0.662. The molecule has 2 rings (SSSR count). The monoisotopic (exact) mass is 265 g/mol. The standard InChI is InChI=1S/C14H16ClNO2/c1-10(14(17)18-2)11-5-6-13(12(15)9-11)16-7-3-4-8-16/h3,5-7,9-10H,4,8H2,1-2H3. The van der Waals surface area contributed by atoms with Crippen LogP contribution in [0, 0.1) is 0 Å². The number of nitrogens with zero attached hydrogens (tertiary/aromatic N) is 1. The first-order valence-electron chi connectivity index (χ1n) is 5.94. The first kappa shape index (κ1) is 13.0. The molecule has 3 nitrogen and oxygen atoms in total. The summed E-state index contributed by atoms with van der Waals surface area (Å²) in [6.45, 7) is 2.76. The first-order valence-corrected chi connectivity index (χ1v) is 6.32. The van der Waals surface area contributed by atoms with Gasteiger partial charge in [-0.15, -0.1) is 0 Å². The minimum atomic E-state index is -0.296. The van der Waals surface area contributed by atoms with Gasteiger partial charge in [0.2, 0.25) is 0 Å². The number of carbonyl (C=O) groups is 1. The fraction of sp³-hybridized carbons (Fsp3) is 0.357. The van der Waals surface area contributed by atoms with Gasteiger partial charge in [-0.3, -0.25) is 4.79 Å². The van der Waals surface area contributed by atoms with Crippen molar-refractivity contribution < 1.29 is 9.53 Å². The fourth-order valence-corrected chi connectivity index (χ4v) is 2.33. The maximum Gasteiger partial charge on any atom is 0.312 e. The van der Waals surface area contributed by atoms with Crippen LogP contribution in [0.2, 0.25) is 5.02 Å². The van der Waals surface area contributed by atoms with Crippen molar-refractivity contribution in [1.29, 1.82) is 0 Å². The summed E-state index contributed by atoms with van der Waals surface area (Å²) in [4.78, 5) is 13.6. The number of ether oxygens (including phenoxy) is 1. The Kier molecular flexibility index (Phi) is 3.92. The number of esters is 1. The van der Waals surface area contributed by atoms with Crippen LogP contribution in [0.3, 0.4) is 0 Å². The van der Waals surface area contributed by atoms with Crippen LogP contribution in [-0.2, 0) is 9.53 Å². The predicted octanol–water partition coefficient (Wildman–Crippen LogP) is 3.34. The Hall–Kier alpha value is -1.48. The molecule has 1 aliphatic rings. The topological polar surface area (TPSA) is 29.5 Å². The summed E-state index contributed by atoms with van der Waals surface area (Å²) in [7, 11) is 1.39. The van der Waals surface area contributed by atoms with Crippen LogP contribution in [0.1, 0.15) is 24.8 Å². The molecular formula is C14H16ClNO2. The van der Waals surface area contributed by atoms with Gasteiger partial charge < -0.3 is 9.64 Å². The molecule has 1 unspecified atom stereocenters. The summed E-state index contributed by atoms with van der Waals surface area (Å²) in [5.41, 5.74) is 1.85. The Morgan fingerprint density at radius 3 is 2.83 bits per heavy atom. The van der Waals surface area contributed by atoms with E-state index in [-0.39, 0.29) is 11.9 Å². The number of hydrogen-bond acceptors (Lipinski definition) is 3. The molecule has 0 saturated heterocycles. The van der Waals surface area contributed by atoms with Crippen molar-refractivity contribution in [1.82, 2.24) is 0 Å². The highest BCUT2D eigenvalue weighted by molar-refractivity contribution is 6.33. The quantitative estimate of drug-likeness (QED) is 0.785. The highest BCUT2D eigenvalue weighted by Gasteiger charge is 2.18. The van der Waals surface area contributed by atoms with E-state index in [4.69, 9.17) is 16.3 Å². The lowest BCUT2D eigenvalue weighted by Crippen LogP contribution is -2.14. The SMILES string of the molecule is COC(=O)C(C)c1ccc(N2C=CCC2)c(Cl)c1. The van der Waals surface area contributed by atoms with E-state index < -0.39 is 0 Å². The van der Waals surface area contributed by atoms with E-state index in [2.05, 4.69) is 11.0 Å². The van der Waals surface area contributed by atoms with Crippen LogP contribution >= 0.6 is 11.6 Å². The molecule has 0 fully saturated rings. The number of halogens is 1. The molecular weight excluding hydrogens is 250 g/mol. The van der Waals surface area contributed by atoms with E-state index in [1.54, 1.807) is 0 Å². The first-order chi connectivity index (χ1) is 8.63. The van der Waals surface area contributed by atoms with Crippen molar-refractivity contribution in [2.75, 3.05) is 18.6 Å². The van der Waals surface area contributed by atoms with Gasteiger partial charge in [0.25, 0.3) is 0 Å². The molecule has 0 aromatic heterocycles. The van der Waals surface area contributed by atoms with Crippen molar-refractivity contribution in [3.05, 3.63) is 41.1 Å². The third-order valence-corrected chi connectivity index (χ3v) is 3.46. The molecule has 0 saturated carbocycles. The molecule has 1 aromatic rings. The molecule has 18 heavy (non-hydrogen) atoms. The van der Waals surface area contributed by atoms with Gasteiger partial charge in [0.05, 0.1) is 23.7 Å². The Bertz CT molecular complexity index is 485. The van der Waals surface area contributed by atoms with Gasteiger partial charge in [0.15, 0.2) is 0 Å². The van der Waals surface area contributed by atoms with Gasteiger partial charge >= 0.3 is 5.97 Å². The molecule has 1 heterocycles. The van der Waals surface area contributed by atoms with E-state index in [9.17, 15) is 4.79 Å². The van der Waals surface area contributed by atoms with Crippen LogP contribution in [-0.4, -0.2) is 19.6 Å². The molecule has 4 heteroatoms. The van der Waals surface area contributed by atoms with Crippen molar-refractivity contribution >= 4 is 23.3 Å². The van der Waals surface area contributed by atoms with Crippen LogP contribution < -0.4 is 4.90 Å². The molecule has 0 radical (unpaired) electrons. The molecule has 0 bridgehead atoms. The Balaban J connectivity index is 2.24. The summed E-state index contributed by atoms with van der Waals surface area (Å²) >= 11 is 6.27. The Morgan fingerprint density at radius 1 is 1.50 bits per heavy atom. The van der Waals surface area contributed by atoms with Crippen molar-refractivity contribution in [3.8, 4) is 0 Å². The summed E-state index contributed by atoms with van der Waals surface area (Å²) < 4.78 is 4.73. The molecule has 0 N–H and O–H groups in total. The molecule has 96 valence electrons.